The molecule has 0 saturated carbocycles. The Hall–Kier alpha value is -1.40. The molecule has 5 heteroatoms. The minimum atomic E-state index is -0.0728. The number of aliphatic hydroxyl groups is 1. The van der Waals surface area contributed by atoms with Crippen molar-refractivity contribution >= 4 is 0 Å². The zero-order valence-corrected chi connectivity index (χ0v) is 18.5. The molecule has 0 radical (unpaired) electrons. The summed E-state index contributed by atoms with van der Waals surface area (Å²) < 4.78 is 13.2. The van der Waals surface area contributed by atoms with Crippen LogP contribution >= 0.6 is 0 Å². The first-order valence-corrected chi connectivity index (χ1v) is 11.6. The normalized spacial score (nSPS) is 34.7. The average Bonchev–Trinajstić information content (AvgIpc) is 3.09. The minimum Gasteiger partial charge on any atom is -0.486 e. The van der Waals surface area contributed by atoms with Gasteiger partial charge < -0.3 is 25.2 Å². The van der Waals surface area contributed by atoms with Crippen LogP contribution in [0.2, 0.25) is 0 Å². The van der Waals surface area contributed by atoms with E-state index in [0.29, 0.717) is 36.9 Å². The van der Waals surface area contributed by atoms with E-state index in [2.05, 4.69) is 50.1 Å². The zero-order valence-electron chi connectivity index (χ0n) is 18.5. The first-order chi connectivity index (χ1) is 14.5. The van der Waals surface area contributed by atoms with Crippen LogP contribution in [0, 0.1) is 17.8 Å². The van der Waals surface area contributed by atoms with Crippen molar-refractivity contribution < 1.29 is 14.6 Å². The molecule has 3 N–H and O–H groups in total. The van der Waals surface area contributed by atoms with E-state index in [1.807, 2.05) is 0 Å². The molecule has 2 bridgehead atoms. The molecule has 1 fully saturated rings. The van der Waals surface area contributed by atoms with Gasteiger partial charge in [0.1, 0.15) is 18.0 Å². The number of benzene rings is 1. The molecular formula is C25H36N2O3. The lowest BCUT2D eigenvalue weighted by atomic mass is 9.53. The summed E-state index contributed by atoms with van der Waals surface area (Å²) in [5, 5.41) is 9.98. The Balaban J connectivity index is 1.51. The lowest BCUT2D eigenvalue weighted by Crippen LogP contribution is -2.65. The van der Waals surface area contributed by atoms with E-state index >= 15 is 0 Å². The van der Waals surface area contributed by atoms with Gasteiger partial charge >= 0.3 is 0 Å². The topological polar surface area (TPSA) is 68.0 Å². The van der Waals surface area contributed by atoms with Crippen LogP contribution < -0.4 is 10.5 Å². The predicted octanol–water partition coefficient (Wildman–Crippen LogP) is 2.63. The van der Waals surface area contributed by atoms with Gasteiger partial charge in [-0.2, -0.15) is 0 Å². The monoisotopic (exact) mass is 412 g/mol. The Labute approximate surface area is 180 Å². The SMILES string of the molecule is CC(C)CC(CN)COC1C=CC2C3Cc4ccc(CO)c5c4C2(CCN3C)C1O5. The maximum Gasteiger partial charge on any atom is 0.139 e. The fourth-order valence-electron chi connectivity index (χ4n) is 6.70. The van der Waals surface area contributed by atoms with Crippen molar-refractivity contribution in [1.29, 1.82) is 0 Å². The van der Waals surface area contributed by atoms with Gasteiger partial charge in [-0.1, -0.05) is 38.1 Å². The molecule has 0 aromatic heterocycles. The largest absolute Gasteiger partial charge is 0.486 e. The average molecular weight is 413 g/mol. The molecule has 2 aliphatic heterocycles. The molecule has 5 rings (SSSR count). The highest BCUT2D eigenvalue weighted by molar-refractivity contribution is 5.59. The van der Waals surface area contributed by atoms with Crippen molar-refractivity contribution in [3.63, 3.8) is 0 Å². The van der Waals surface area contributed by atoms with Crippen molar-refractivity contribution in [2.24, 2.45) is 23.5 Å². The molecule has 1 aromatic carbocycles. The van der Waals surface area contributed by atoms with E-state index in [-0.39, 0.29) is 24.2 Å². The summed E-state index contributed by atoms with van der Waals surface area (Å²) in [6, 6.07) is 4.77. The van der Waals surface area contributed by atoms with Gasteiger partial charge in [-0.25, -0.2) is 0 Å². The van der Waals surface area contributed by atoms with E-state index in [0.717, 1.165) is 37.1 Å². The van der Waals surface area contributed by atoms with Crippen LogP contribution in [0.3, 0.4) is 0 Å². The highest BCUT2D eigenvalue weighted by Gasteiger charge is 2.64. The molecule has 1 aromatic rings. The van der Waals surface area contributed by atoms with Gasteiger partial charge in [-0.3, -0.25) is 0 Å². The molecular weight excluding hydrogens is 376 g/mol. The van der Waals surface area contributed by atoms with Gasteiger partial charge in [0.15, 0.2) is 0 Å². The Bertz CT molecular complexity index is 838. The Morgan fingerprint density at radius 1 is 1.33 bits per heavy atom. The summed E-state index contributed by atoms with van der Waals surface area (Å²) in [5.41, 5.74) is 9.66. The Morgan fingerprint density at radius 3 is 2.90 bits per heavy atom. The third-order valence-electron chi connectivity index (χ3n) is 8.07. The second-order valence-corrected chi connectivity index (χ2v) is 10.3. The first-order valence-electron chi connectivity index (χ1n) is 11.6. The van der Waals surface area contributed by atoms with Crippen molar-refractivity contribution in [3.05, 3.63) is 41.0 Å². The summed E-state index contributed by atoms with van der Waals surface area (Å²) in [4.78, 5) is 2.52. The van der Waals surface area contributed by atoms with Gasteiger partial charge in [0, 0.05) is 28.5 Å². The predicted molar refractivity (Wildman–Crippen MR) is 118 cm³/mol. The lowest BCUT2D eigenvalue weighted by molar-refractivity contribution is -0.0774. The molecule has 4 aliphatic rings. The quantitative estimate of drug-likeness (QED) is 0.674. The van der Waals surface area contributed by atoms with Gasteiger partial charge in [0.05, 0.1) is 13.2 Å². The van der Waals surface area contributed by atoms with Gasteiger partial charge in [-0.15, -0.1) is 0 Å². The van der Waals surface area contributed by atoms with Crippen molar-refractivity contribution in [3.8, 4) is 5.75 Å². The van der Waals surface area contributed by atoms with Crippen LogP contribution in [0.25, 0.3) is 0 Å². The molecule has 2 aliphatic carbocycles. The molecule has 6 atom stereocenters. The van der Waals surface area contributed by atoms with Crippen LogP contribution in [-0.2, 0) is 23.2 Å². The number of rotatable bonds is 7. The Kier molecular flexibility index (Phi) is 5.21. The maximum atomic E-state index is 9.98. The van der Waals surface area contributed by atoms with E-state index in [1.165, 1.54) is 11.1 Å². The molecule has 1 spiro atoms. The third kappa shape index (κ3) is 2.89. The molecule has 2 heterocycles. The van der Waals surface area contributed by atoms with Crippen LogP contribution in [0.1, 0.15) is 43.4 Å². The Morgan fingerprint density at radius 2 is 2.17 bits per heavy atom. The molecule has 0 amide bonds. The number of aliphatic hydroxyl groups excluding tert-OH is 1. The third-order valence-corrected chi connectivity index (χ3v) is 8.07. The second-order valence-electron chi connectivity index (χ2n) is 10.3. The smallest absolute Gasteiger partial charge is 0.139 e. The van der Waals surface area contributed by atoms with Crippen LogP contribution in [-0.4, -0.2) is 55.0 Å². The van der Waals surface area contributed by atoms with Crippen molar-refractivity contribution in [1.82, 2.24) is 4.90 Å². The summed E-state index contributed by atoms with van der Waals surface area (Å²) in [7, 11) is 2.25. The van der Waals surface area contributed by atoms with Gasteiger partial charge in [0.2, 0.25) is 0 Å². The highest BCUT2D eigenvalue weighted by atomic mass is 16.5. The van der Waals surface area contributed by atoms with E-state index in [9.17, 15) is 5.11 Å². The van der Waals surface area contributed by atoms with E-state index in [4.69, 9.17) is 15.2 Å². The molecule has 1 saturated heterocycles. The number of likely N-dealkylation sites (tertiary alicyclic amines) is 1. The molecule has 5 nitrogen and oxygen atoms in total. The van der Waals surface area contributed by atoms with Crippen molar-refractivity contribution in [2.75, 3.05) is 26.7 Å². The number of nitrogens with zero attached hydrogens (tertiary/aromatic N) is 1. The number of hydrogen-bond acceptors (Lipinski definition) is 5. The van der Waals surface area contributed by atoms with E-state index < -0.39 is 0 Å². The van der Waals surface area contributed by atoms with Crippen LogP contribution in [0.5, 0.6) is 5.75 Å². The van der Waals surface area contributed by atoms with Gasteiger partial charge in [0.25, 0.3) is 0 Å². The second kappa shape index (κ2) is 7.63. The number of hydrogen-bond donors (Lipinski definition) is 2. The summed E-state index contributed by atoms with van der Waals surface area (Å²) in [5.74, 6) is 2.35. The summed E-state index contributed by atoms with van der Waals surface area (Å²) >= 11 is 0. The van der Waals surface area contributed by atoms with Crippen LogP contribution in [0.4, 0.5) is 0 Å². The summed E-state index contributed by atoms with van der Waals surface area (Å²) in [6.07, 6.45) is 7.76. The maximum absolute atomic E-state index is 9.98. The van der Waals surface area contributed by atoms with E-state index in [1.54, 1.807) is 0 Å². The number of likely N-dealkylation sites (N-methyl/N-ethyl adjacent to an activating group) is 1. The highest BCUT2D eigenvalue weighted by Crippen LogP contribution is 2.61. The van der Waals surface area contributed by atoms with Crippen LogP contribution in [0.15, 0.2) is 24.3 Å². The molecule has 30 heavy (non-hydrogen) atoms. The number of nitrogens with two attached hydrogens (primary N) is 1. The minimum absolute atomic E-state index is 0.0159. The van der Waals surface area contributed by atoms with Crippen molar-refractivity contribution in [2.45, 2.75) is 63.4 Å². The number of ether oxygens (including phenoxy) is 2. The molecule has 164 valence electrons. The number of piperidine rings is 1. The summed E-state index contributed by atoms with van der Waals surface area (Å²) in [6.45, 7) is 6.89. The fraction of sp³-hybridized carbons (Fsp3) is 0.680. The standard InChI is InChI=1S/C25H36N2O3/c1-15(2)10-16(12-26)14-29-21-7-6-19-20-11-17-4-5-18(13-28)23-22(17)25(19,24(21)30-23)8-9-27(20)3/h4-7,15-16,19-21,24,28H,8-14,26H2,1-3H3. The zero-order chi connectivity index (χ0) is 21.0. The fourth-order valence-corrected chi connectivity index (χ4v) is 6.70. The lowest BCUT2D eigenvalue weighted by Gasteiger charge is -2.57. The van der Waals surface area contributed by atoms with Gasteiger partial charge in [-0.05, 0) is 56.8 Å². The molecule has 6 unspecified atom stereocenters. The first kappa shape index (κ1) is 20.5.